The van der Waals surface area contributed by atoms with E-state index in [-0.39, 0.29) is 24.0 Å². The van der Waals surface area contributed by atoms with Gasteiger partial charge in [-0.05, 0) is 44.3 Å². The second-order valence-electron chi connectivity index (χ2n) is 6.09. The number of rotatable bonds is 4. The highest BCUT2D eigenvalue weighted by atomic mass is 127. The highest BCUT2D eigenvalue weighted by molar-refractivity contribution is 14.0. The minimum absolute atomic E-state index is 0. The largest absolute Gasteiger partial charge is 0.354 e. The number of nitrogens with one attached hydrogen (secondary N) is 1. The molecule has 1 fully saturated rings. The highest BCUT2D eigenvalue weighted by Gasteiger charge is 2.20. The van der Waals surface area contributed by atoms with E-state index >= 15 is 0 Å². The Morgan fingerprint density at radius 2 is 2.14 bits per heavy atom. The molecule has 126 valence electrons. The first-order chi connectivity index (χ1) is 10.1. The number of likely N-dealkylation sites (tertiary alicyclic amines) is 1. The summed E-state index contributed by atoms with van der Waals surface area (Å²) in [6.07, 6.45) is 2.53. The first kappa shape index (κ1) is 19.7. The van der Waals surface area contributed by atoms with Crippen molar-refractivity contribution in [2.75, 3.05) is 40.8 Å². The van der Waals surface area contributed by atoms with E-state index in [0.717, 1.165) is 31.5 Å². The minimum Gasteiger partial charge on any atom is -0.354 e. The molecule has 0 aromatic carbocycles. The van der Waals surface area contributed by atoms with Gasteiger partial charge in [0.2, 0.25) is 0 Å². The first-order valence-electron chi connectivity index (χ1n) is 7.77. The van der Waals surface area contributed by atoms with Crippen LogP contribution in [0.1, 0.15) is 30.7 Å². The lowest BCUT2D eigenvalue weighted by Gasteiger charge is -2.34. The summed E-state index contributed by atoms with van der Waals surface area (Å²) in [4.78, 5) is 10.5. The summed E-state index contributed by atoms with van der Waals surface area (Å²) in [6.45, 7) is 5.47. The molecule has 2 heterocycles. The number of aliphatic imine (C=N–C) groups is 1. The van der Waals surface area contributed by atoms with Gasteiger partial charge >= 0.3 is 0 Å². The number of thiophene rings is 1. The zero-order chi connectivity index (χ0) is 15.2. The summed E-state index contributed by atoms with van der Waals surface area (Å²) in [7, 11) is 6.16. The van der Waals surface area contributed by atoms with E-state index in [0.29, 0.717) is 6.04 Å². The smallest absolute Gasteiger partial charge is 0.193 e. The molecular formula is C16H29IN4S. The zero-order valence-corrected chi connectivity index (χ0v) is 17.2. The van der Waals surface area contributed by atoms with E-state index in [1.165, 1.54) is 17.7 Å². The lowest BCUT2D eigenvalue weighted by Crippen LogP contribution is -2.47. The van der Waals surface area contributed by atoms with Crippen molar-refractivity contribution in [1.29, 1.82) is 0 Å². The third-order valence-electron chi connectivity index (χ3n) is 4.24. The third-order valence-corrected chi connectivity index (χ3v) is 5.22. The predicted octanol–water partition coefficient (Wildman–Crippen LogP) is 3.28. The molecule has 0 radical (unpaired) electrons. The van der Waals surface area contributed by atoms with Gasteiger partial charge < -0.3 is 15.1 Å². The maximum Gasteiger partial charge on any atom is 0.193 e. The fourth-order valence-electron chi connectivity index (χ4n) is 2.76. The molecule has 1 aromatic rings. The van der Waals surface area contributed by atoms with Gasteiger partial charge in [-0.3, -0.25) is 4.99 Å². The van der Waals surface area contributed by atoms with Crippen LogP contribution in [0.2, 0.25) is 0 Å². The minimum atomic E-state index is 0. The normalized spacial score (nSPS) is 18.2. The molecule has 1 unspecified atom stereocenters. The van der Waals surface area contributed by atoms with Crippen molar-refractivity contribution >= 4 is 41.3 Å². The molecular weight excluding hydrogens is 407 g/mol. The van der Waals surface area contributed by atoms with E-state index in [9.17, 15) is 0 Å². The summed E-state index contributed by atoms with van der Waals surface area (Å²) >= 11 is 1.82. The number of likely N-dealkylation sites (N-methyl/N-ethyl adjacent to an activating group) is 1. The SMILES string of the molecule is CN=C(NCC(c1cccs1)N(C)C)N1CCC(C)CC1.I. The molecule has 22 heavy (non-hydrogen) atoms. The van der Waals surface area contributed by atoms with Crippen LogP contribution in [0.25, 0.3) is 0 Å². The van der Waals surface area contributed by atoms with E-state index < -0.39 is 0 Å². The Hall–Kier alpha value is -0.340. The van der Waals surface area contributed by atoms with Gasteiger partial charge in [-0.2, -0.15) is 0 Å². The Morgan fingerprint density at radius 1 is 1.45 bits per heavy atom. The topological polar surface area (TPSA) is 30.9 Å². The molecule has 0 spiro atoms. The van der Waals surface area contributed by atoms with E-state index in [2.05, 4.69) is 58.6 Å². The van der Waals surface area contributed by atoms with Gasteiger partial charge in [0.05, 0.1) is 6.04 Å². The highest BCUT2D eigenvalue weighted by Crippen LogP contribution is 2.22. The van der Waals surface area contributed by atoms with E-state index in [4.69, 9.17) is 0 Å². The molecule has 1 aromatic heterocycles. The van der Waals surface area contributed by atoms with Crippen LogP contribution < -0.4 is 5.32 Å². The number of halogens is 1. The quantitative estimate of drug-likeness (QED) is 0.447. The first-order valence-corrected chi connectivity index (χ1v) is 8.65. The molecule has 2 rings (SSSR count). The van der Waals surface area contributed by atoms with Crippen molar-refractivity contribution < 1.29 is 0 Å². The van der Waals surface area contributed by atoms with Crippen LogP contribution in [-0.4, -0.2) is 56.5 Å². The van der Waals surface area contributed by atoms with Crippen molar-refractivity contribution in [3.63, 3.8) is 0 Å². The summed E-state index contributed by atoms with van der Waals surface area (Å²) < 4.78 is 0. The number of guanidine groups is 1. The fourth-order valence-corrected chi connectivity index (χ4v) is 3.68. The average molecular weight is 436 g/mol. The van der Waals surface area contributed by atoms with E-state index in [1.807, 2.05) is 18.4 Å². The van der Waals surface area contributed by atoms with Crippen LogP contribution in [0.15, 0.2) is 22.5 Å². The third kappa shape index (κ3) is 5.38. The van der Waals surface area contributed by atoms with Gasteiger partial charge in [-0.15, -0.1) is 35.3 Å². The van der Waals surface area contributed by atoms with Crippen molar-refractivity contribution in [2.24, 2.45) is 10.9 Å². The lowest BCUT2D eigenvalue weighted by atomic mass is 9.99. The van der Waals surface area contributed by atoms with Gasteiger partial charge in [0, 0.05) is 31.6 Å². The Bertz CT molecular complexity index is 439. The van der Waals surface area contributed by atoms with Crippen LogP contribution in [-0.2, 0) is 0 Å². The monoisotopic (exact) mass is 436 g/mol. The maximum atomic E-state index is 4.47. The molecule has 1 N–H and O–H groups in total. The summed E-state index contributed by atoms with van der Waals surface area (Å²) in [5.74, 6) is 1.89. The number of hydrogen-bond acceptors (Lipinski definition) is 3. The summed E-state index contributed by atoms with van der Waals surface area (Å²) in [5, 5.41) is 5.71. The molecule has 0 saturated carbocycles. The second-order valence-corrected chi connectivity index (χ2v) is 7.07. The molecule has 1 atom stereocenters. The Kier molecular flexibility index (Phi) is 8.71. The Balaban J connectivity index is 0.00000242. The molecule has 0 aliphatic carbocycles. The molecule has 0 amide bonds. The van der Waals surface area contributed by atoms with Gasteiger partial charge in [-0.25, -0.2) is 0 Å². The molecule has 6 heteroatoms. The molecule has 0 bridgehead atoms. The van der Waals surface area contributed by atoms with E-state index in [1.54, 1.807) is 0 Å². The standard InChI is InChI=1S/C16H28N4S.HI/c1-13-7-9-20(10-8-13)16(17-2)18-12-14(19(3)4)15-6-5-11-21-15;/h5-6,11,13-14H,7-10,12H2,1-4H3,(H,17,18);1H. The Labute approximate surface area is 156 Å². The van der Waals surface area contributed by atoms with Crippen molar-refractivity contribution in [3.05, 3.63) is 22.4 Å². The maximum absolute atomic E-state index is 4.47. The summed E-state index contributed by atoms with van der Waals surface area (Å²) in [5.41, 5.74) is 0. The van der Waals surface area contributed by atoms with Crippen LogP contribution in [0.5, 0.6) is 0 Å². The van der Waals surface area contributed by atoms with Gasteiger partial charge in [0.25, 0.3) is 0 Å². The fraction of sp³-hybridized carbons (Fsp3) is 0.688. The summed E-state index contributed by atoms with van der Waals surface area (Å²) in [6, 6.07) is 4.73. The molecule has 1 aliphatic rings. The van der Waals surface area contributed by atoms with Gasteiger partial charge in [-0.1, -0.05) is 13.0 Å². The van der Waals surface area contributed by atoms with Crippen LogP contribution in [0, 0.1) is 5.92 Å². The number of piperidine rings is 1. The second kappa shape index (κ2) is 9.72. The zero-order valence-electron chi connectivity index (χ0n) is 14.1. The van der Waals surface area contributed by atoms with Crippen LogP contribution in [0.4, 0.5) is 0 Å². The van der Waals surface area contributed by atoms with Gasteiger partial charge in [0.1, 0.15) is 0 Å². The molecule has 4 nitrogen and oxygen atoms in total. The number of nitrogens with zero attached hydrogens (tertiary/aromatic N) is 3. The van der Waals surface area contributed by atoms with Crippen molar-refractivity contribution in [1.82, 2.24) is 15.1 Å². The van der Waals surface area contributed by atoms with Crippen molar-refractivity contribution in [3.8, 4) is 0 Å². The van der Waals surface area contributed by atoms with Crippen LogP contribution >= 0.6 is 35.3 Å². The van der Waals surface area contributed by atoms with Gasteiger partial charge in [0.15, 0.2) is 5.96 Å². The molecule has 1 aliphatic heterocycles. The lowest BCUT2D eigenvalue weighted by molar-refractivity contribution is 0.265. The average Bonchev–Trinajstić information content (AvgIpc) is 2.98. The predicted molar refractivity (Wildman–Crippen MR) is 107 cm³/mol. The molecule has 1 saturated heterocycles. The van der Waals surface area contributed by atoms with Crippen molar-refractivity contribution in [2.45, 2.75) is 25.8 Å². The van der Waals surface area contributed by atoms with Crippen LogP contribution in [0.3, 0.4) is 0 Å². The number of hydrogen-bond donors (Lipinski definition) is 1. The Morgan fingerprint density at radius 3 is 2.64 bits per heavy atom.